The SMILES string of the molecule is Cl.O=C(C(C1CCCCC1)C1CCCCC1)N1CCC(CNCCCCNCC2CCCCC2)CC1. The summed E-state index contributed by atoms with van der Waals surface area (Å²) in [5.74, 6) is 3.95. The van der Waals surface area contributed by atoms with Gasteiger partial charge in [0.2, 0.25) is 5.91 Å². The lowest BCUT2D eigenvalue weighted by molar-refractivity contribution is -0.142. The first kappa shape index (κ1) is 30.2. The van der Waals surface area contributed by atoms with Gasteiger partial charge in [-0.05, 0) is 114 Å². The number of carbonyl (C=O) groups is 1. The number of rotatable bonds is 12. The first-order valence-electron chi connectivity index (χ1n) is 16.0. The van der Waals surface area contributed by atoms with Crippen molar-refractivity contribution >= 4 is 18.3 Å². The van der Waals surface area contributed by atoms with Gasteiger partial charge >= 0.3 is 0 Å². The van der Waals surface area contributed by atoms with E-state index in [0.29, 0.717) is 23.7 Å². The van der Waals surface area contributed by atoms with Crippen LogP contribution in [0.25, 0.3) is 0 Å². The maximum absolute atomic E-state index is 13.8. The summed E-state index contributed by atoms with van der Waals surface area (Å²) in [6.45, 7) is 6.73. The Morgan fingerprint density at radius 1 is 0.611 bits per heavy atom. The Bertz CT molecular complexity index is 558. The zero-order valence-electron chi connectivity index (χ0n) is 23.3. The Morgan fingerprint density at radius 2 is 1.03 bits per heavy atom. The lowest BCUT2D eigenvalue weighted by atomic mass is 9.69. The Hall–Kier alpha value is -0.320. The molecule has 0 unspecified atom stereocenters. The molecule has 4 fully saturated rings. The van der Waals surface area contributed by atoms with Gasteiger partial charge in [0.1, 0.15) is 0 Å². The molecule has 4 rings (SSSR count). The molecule has 0 bridgehead atoms. The smallest absolute Gasteiger partial charge is 0.226 e. The van der Waals surface area contributed by atoms with Crippen LogP contribution in [0.15, 0.2) is 0 Å². The molecule has 36 heavy (non-hydrogen) atoms. The molecule has 1 saturated heterocycles. The standard InChI is InChI=1S/C31H57N3O.ClH/c35-31(30(28-14-6-2-7-15-28)29-16-8-3-9-17-29)34-22-18-27(19-23-34)25-33-21-11-10-20-32-24-26-12-4-1-5-13-26;/h26-30,32-33H,1-25H2;1H. The molecule has 0 aromatic carbocycles. The minimum absolute atomic E-state index is 0. The molecular weight excluding hydrogens is 466 g/mol. The van der Waals surface area contributed by atoms with Crippen molar-refractivity contribution in [2.24, 2.45) is 29.6 Å². The predicted octanol–water partition coefficient (Wildman–Crippen LogP) is 6.96. The molecule has 0 spiro atoms. The minimum Gasteiger partial charge on any atom is -0.342 e. The van der Waals surface area contributed by atoms with E-state index in [2.05, 4.69) is 15.5 Å². The number of carbonyl (C=O) groups excluding carboxylic acids is 1. The second kappa shape index (κ2) is 17.3. The lowest BCUT2D eigenvalue weighted by Crippen LogP contribution is -2.47. The number of hydrogen-bond acceptors (Lipinski definition) is 3. The van der Waals surface area contributed by atoms with Gasteiger partial charge in [-0.25, -0.2) is 0 Å². The number of nitrogens with zero attached hydrogens (tertiary/aromatic N) is 1. The van der Waals surface area contributed by atoms with Gasteiger partial charge in [-0.3, -0.25) is 4.79 Å². The van der Waals surface area contributed by atoms with Crippen LogP contribution >= 0.6 is 12.4 Å². The van der Waals surface area contributed by atoms with Crippen molar-refractivity contribution in [2.75, 3.05) is 39.3 Å². The fourth-order valence-electron chi connectivity index (χ4n) is 7.85. The van der Waals surface area contributed by atoms with Gasteiger partial charge in [-0.2, -0.15) is 0 Å². The highest BCUT2D eigenvalue weighted by atomic mass is 35.5. The summed E-state index contributed by atoms with van der Waals surface area (Å²) in [6, 6.07) is 0. The summed E-state index contributed by atoms with van der Waals surface area (Å²) in [4.78, 5) is 16.1. The molecule has 0 aromatic rings. The predicted molar refractivity (Wildman–Crippen MR) is 155 cm³/mol. The van der Waals surface area contributed by atoms with Crippen molar-refractivity contribution < 1.29 is 4.79 Å². The van der Waals surface area contributed by atoms with E-state index < -0.39 is 0 Å². The molecule has 0 atom stereocenters. The maximum Gasteiger partial charge on any atom is 0.226 e. The van der Waals surface area contributed by atoms with Gasteiger partial charge in [-0.15, -0.1) is 12.4 Å². The number of piperidine rings is 1. The number of hydrogen-bond donors (Lipinski definition) is 2. The van der Waals surface area contributed by atoms with Crippen LogP contribution in [-0.4, -0.2) is 50.1 Å². The molecule has 0 radical (unpaired) electrons. The van der Waals surface area contributed by atoms with E-state index in [9.17, 15) is 4.79 Å². The van der Waals surface area contributed by atoms with Crippen molar-refractivity contribution in [1.29, 1.82) is 0 Å². The van der Waals surface area contributed by atoms with Gasteiger partial charge in [0.15, 0.2) is 0 Å². The van der Waals surface area contributed by atoms with Crippen LogP contribution in [0.4, 0.5) is 0 Å². The molecule has 3 saturated carbocycles. The van der Waals surface area contributed by atoms with Gasteiger partial charge in [0.05, 0.1) is 0 Å². The fraction of sp³-hybridized carbons (Fsp3) is 0.968. The highest BCUT2D eigenvalue weighted by Crippen LogP contribution is 2.41. The van der Waals surface area contributed by atoms with E-state index in [4.69, 9.17) is 0 Å². The molecule has 1 heterocycles. The molecule has 0 aromatic heterocycles. The molecule has 210 valence electrons. The topological polar surface area (TPSA) is 44.4 Å². The molecule has 2 N–H and O–H groups in total. The van der Waals surface area contributed by atoms with E-state index in [1.165, 1.54) is 135 Å². The molecule has 5 heteroatoms. The van der Waals surface area contributed by atoms with Crippen molar-refractivity contribution in [3.8, 4) is 0 Å². The highest BCUT2D eigenvalue weighted by Gasteiger charge is 2.39. The number of nitrogens with one attached hydrogen (secondary N) is 2. The second-order valence-corrected chi connectivity index (χ2v) is 12.7. The first-order valence-corrected chi connectivity index (χ1v) is 16.0. The van der Waals surface area contributed by atoms with E-state index in [0.717, 1.165) is 38.0 Å². The molecule has 1 aliphatic heterocycles. The van der Waals surface area contributed by atoms with Crippen LogP contribution < -0.4 is 10.6 Å². The van der Waals surface area contributed by atoms with Crippen LogP contribution in [0.3, 0.4) is 0 Å². The van der Waals surface area contributed by atoms with E-state index in [1.54, 1.807) is 0 Å². The summed E-state index contributed by atoms with van der Waals surface area (Å²) >= 11 is 0. The van der Waals surface area contributed by atoms with Crippen LogP contribution in [0.5, 0.6) is 0 Å². The zero-order valence-corrected chi connectivity index (χ0v) is 24.1. The highest BCUT2D eigenvalue weighted by molar-refractivity contribution is 5.85. The Morgan fingerprint density at radius 3 is 1.50 bits per heavy atom. The van der Waals surface area contributed by atoms with E-state index >= 15 is 0 Å². The third-order valence-corrected chi connectivity index (χ3v) is 10.1. The average Bonchev–Trinajstić information content (AvgIpc) is 2.92. The van der Waals surface area contributed by atoms with Gasteiger partial charge in [-0.1, -0.05) is 57.8 Å². The van der Waals surface area contributed by atoms with Crippen LogP contribution in [0, 0.1) is 29.6 Å². The maximum atomic E-state index is 13.8. The quantitative estimate of drug-likeness (QED) is 0.271. The van der Waals surface area contributed by atoms with Crippen molar-refractivity contribution in [2.45, 2.75) is 122 Å². The molecule has 3 aliphatic carbocycles. The Kier molecular flexibility index (Phi) is 14.5. The molecule has 4 aliphatic rings. The third kappa shape index (κ3) is 9.77. The van der Waals surface area contributed by atoms with Crippen molar-refractivity contribution in [3.63, 3.8) is 0 Å². The summed E-state index contributed by atoms with van der Waals surface area (Å²) < 4.78 is 0. The van der Waals surface area contributed by atoms with E-state index in [1.807, 2.05) is 0 Å². The van der Waals surface area contributed by atoms with E-state index in [-0.39, 0.29) is 12.4 Å². The monoisotopic (exact) mass is 523 g/mol. The number of unbranched alkanes of at least 4 members (excludes halogenated alkanes) is 1. The summed E-state index contributed by atoms with van der Waals surface area (Å²) in [6.07, 6.45) is 25.6. The first-order chi connectivity index (χ1) is 17.3. The third-order valence-electron chi connectivity index (χ3n) is 10.1. The number of likely N-dealkylation sites (tertiary alicyclic amines) is 1. The van der Waals surface area contributed by atoms with Crippen molar-refractivity contribution in [3.05, 3.63) is 0 Å². The summed E-state index contributed by atoms with van der Waals surface area (Å²) in [5.41, 5.74) is 0. The lowest BCUT2D eigenvalue weighted by Gasteiger charge is -2.41. The molecule has 1 amide bonds. The van der Waals surface area contributed by atoms with Crippen molar-refractivity contribution in [1.82, 2.24) is 15.5 Å². The van der Waals surface area contributed by atoms with Crippen LogP contribution in [-0.2, 0) is 4.79 Å². The van der Waals surface area contributed by atoms with Crippen LogP contribution in [0.1, 0.15) is 122 Å². The summed E-state index contributed by atoms with van der Waals surface area (Å²) in [5, 5.41) is 7.44. The fourth-order valence-corrected chi connectivity index (χ4v) is 7.85. The van der Waals surface area contributed by atoms with Crippen LogP contribution in [0.2, 0.25) is 0 Å². The number of halogens is 1. The average molecular weight is 524 g/mol. The Balaban J connectivity index is 0.00000361. The Labute approximate surface area is 229 Å². The molecule has 4 nitrogen and oxygen atoms in total. The van der Waals surface area contributed by atoms with Gasteiger partial charge in [0, 0.05) is 19.0 Å². The molecular formula is C31H58ClN3O. The number of amides is 1. The van der Waals surface area contributed by atoms with Gasteiger partial charge < -0.3 is 15.5 Å². The summed E-state index contributed by atoms with van der Waals surface area (Å²) in [7, 11) is 0. The second-order valence-electron chi connectivity index (χ2n) is 12.7. The zero-order chi connectivity index (χ0) is 24.1. The van der Waals surface area contributed by atoms with Gasteiger partial charge in [0.25, 0.3) is 0 Å². The normalized spacial score (nSPS) is 23.6. The largest absolute Gasteiger partial charge is 0.342 e. The minimum atomic E-state index is 0.